The van der Waals surface area contributed by atoms with E-state index in [2.05, 4.69) is 10.4 Å². The summed E-state index contributed by atoms with van der Waals surface area (Å²) < 4.78 is 0. The van der Waals surface area contributed by atoms with Gasteiger partial charge in [0, 0.05) is 21.1 Å². The number of aliphatic imine (C=N–C) groups is 1. The van der Waals surface area contributed by atoms with Crippen LogP contribution in [0.25, 0.3) is 0 Å². The van der Waals surface area contributed by atoms with Crippen LogP contribution in [-0.2, 0) is 0 Å². The Kier molecular flexibility index (Phi) is 3.19. The molecule has 0 rings (SSSR count). The van der Waals surface area contributed by atoms with E-state index in [-0.39, 0.29) is 0 Å². The molecule has 3 heteroatoms. The van der Waals surface area contributed by atoms with Gasteiger partial charge in [-0.2, -0.15) is 0 Å². The van der Waals surface area contributed by atoms with Crippen LogP contribution >= 0.6 is 0 Å². The minimum atomic E-state index is 0.979. The SMILES string of the molecule is CN=C(C)N(C)NC. The number of hydrogen-bond donors (Lipinski definition) is 1. The standard InChI is InChI=1S/C5H13N3/c1-5(6-2)8(4)7-3/h7H,1-4H3. The van der Waals surface area contributed by atoms with E-state index in [1.165, 1.54) is 0 Å². The molecule has 0 radical (unpaired) electrons. The van der Waals surface area contributed by atoms with Crippen molar-refractivity contribution in [1.82, 2.24) is 10.4 Å². The van der Waals surface area contributed by atoms with Gasteiger partial charge in [0.15, 0.2) is 0 Å². The summed E-state index contributed by atoms with van der Waals surface area (Å²) in [7, 11) is 5.54. The predicted octanol–water partition coefficient (Wildman–Crippen LogP) is 0.101. The first kappa shape index (κ1) is 7.43. The van der Waals surface area contributed by atoms with Crippen LogP contribution in [0, 0.1) is 0 Å². The lowest BCUT2D eigenvalue weighted by molar-refractivity contribution is 0.406. The lowest BCUT2D eigenvalue weighted by Crippen LogP contribution is -2.34. The Morgan fingerprint density at radius 2 is 2.12 bits per heavy atom. The lowest BCUT2D eigenvalue weighted by Gasteiger charge is -2.15. The molecule has 0 heterocycles. The number of hydrazine groups is 1. The highest BCUT2D eigenvalue weighted by Gasteiger charge is 1.90. The van der Waals surface area contributed by atoms with E-state index in [9.17, 15) is 0 Å². The fourth-order valence-electron chi connectivity index (χ4n) is 0.312. The van der Waals surface area contributed by atoms with Gasteiger partial charge in [0.05, 0.1) is 0 Å². The van der Waals surface area contributed by atoms with E-state index in [1.807, 2.05) is 26.0 Å². The van der Waals surface area contributed by atoms with Gasteiger partial charge in [-0.15, -0.1) is 0 Å². The maximum Gasteiger partial charge on any atom is 0.109 e. The molecule has 0 unspecified atom stereocenters. The Morgan fingerprint density at radius 1 is 1.62 bits per heavy atom. The molecule has 0 aromatic rings. The van der Waals surface area contributed by atoms with Crippen molar-refractivity contribution in [3.63, 3.8) is 0 Å². The van der Waals surface area contributed by atoms with Gasteiger partial charge in [0.1, 0.15) is 5.84 Å². The summed E-state index contributed by atoms with van der Waals surface area (Å²) in [6.07, 6.45) is 0. The smallest absolute Gasteiger partial charge is 0.109 e. The van der Waals surface area contributed by atoms with Crippen LogP contribution in [0.2, 0.25) is 0 Å². The number of nitrogens with one attached hydrogen (secondary N) is 1. The highest BCUT2D eigenvalue weighted by molar-refractivity contribution is 5.78. The fourth-order valence-corrected chi connectivity index (χ4v) is 0.312. The third kappa shape index (κ3) is 1.93. The second-order valence-corrected chi connectivity index (χ2v) is 1.55. The van der Waals surface area contributed by atoms with Crippen molar-refractivity contribution in [2.75, 3.05) is 21.1 Å². The Hall–Kier alpha value is -0.570. The first-order valence-corrected chi connectivity index (χ1v) is 2.57. The summed E-state index contributed by atoms with van der Waals surface area (Å²) in [5, 5.41) is 1.85. The maximum atomic E-state index is 3.94. The third-order valence-corrected chi connectivity index (χ3v) is 1.14. The molecular formula is C5H13N3. The van der Waals surface area contributed by atoms with Crippen LogP contribution in [0.4, 0.5) is 0 Å². The molecule has 0 bridgehead atoms. The van der Waals surface area contributed by atoms with Gasteiger partial charge in [0.2, 0.25) is 0 Å². The van der Waals surface area contributed by atoms with Crippen LogP contribution in [-0.4, -0.2) is 32.0 Å². The van der Waals surface area contributed by atoms with E-state index in [1.54, 1.807) is 7.05 Å². The molecule has 8 heavy (non-hydrogen) atoms. The van der Waals surface area contributed by atoms with Crippen molar-refractivity contribution < 1.29 is 0 Å². The molecule has 0 atom stereocenters. The summed E-state index contributed by atoms with van der Waals surface area (Å²) in [6, 6.07) is 0. The van der Waals surface area contributed by atoms with Crippen molar-refractivity contribution in [1.29, 1.82) is 0 Å². The Morgan fingerprint density at radius 3 is 2.25 bits per heavy atom. The van der Waals surface area contributed by atoms with Gasteiger partial charge < -0.3 is 0 Å². The van der Waals surface area contributed by atoms with Gasteiger partial charge >= 0.3 is 0 Å². The van der Waals surface area contributed by atoms with Crippen molar-refractivity contribution in [3.05, 3.63) is 0 Å². The molecule has 0 aliphatic rings. The topological polar surface area (TPSA) is 27.6 Å². The Balaban J connectivity index is 3.63. The van der Waals surface area contributed by atoms with Crippen LogP contribution in [0.1, 0.15) is 6.92 Å². The number of hydrogen-bond acceptors (Lipinski definition) is 2. The summed E-state index contributed by atoms with van der Waals surface area (Å²) in [6.45, 7) is 1.94. The van der Waals surface area contributed by atoms with E-state index in [0.717, 1.165) is 5.84 Å². The highest BCUT2D eigenvalue weighted by Crippen LogP contribution is 1.76. The Labute approximate surface area is 50.4 Å². The Bertz CT molecular complexity index is 87.7. The number of nitrogens with zero attached hydrogens (tertiary/aromatic N) is 2. The van der Waals surface area contributed by atoms with Gasteiger partial charge in [-0.3, -0.25) is 10.0 Å². The molecule has 3 nitrogen and oxygen atoms in total. The molecule has 0 saturated carbocycles. The average molecular weight is 115 g/mol. The second-order valence-electron chi connectivity index (χ2n) is 1.55. The maximum absolute atomic E-state index is 3.94. The fraction of sp³-hybridized carbons (Fsp3) is 0.800. The lowest BCUT2D eigenvalue weighted by atomic mass is 10.6. The van der Waals surface area contributed by atoms with Crippen LogP contribution in [0.5, 0.6) is 0 Å². The predicted molar refractivity (Wildman–Crippen MR) is 35.9 cm³/mol. The molecule has 0 aliphatic carbocycles. The largest absolute Gasteiger partial charge is 0.300 e. The number of rotatable bonds is 1. The zero-order valence-corrected chi connectivity index (χ0v) is 5.89. The normalized spacial score (nSPS) is 11.8. The van der Waals surface area contributed by atoms with Crippen molar-refractivity contribution in [3.8, 4) is 0 Å². The molecule has 0 fully saturated rings. The highest BCUT2D eigenvalue weighted by atomic mass is 15.5. The summed E-state index contributed by atoms with van der Waals surface area (Å²) >= 11 is 0. The van der Waals surface area contributed by atoms with Gasteiger partial charge in [0.25, 0.3) is 0 Å². The third-order valence-electron chi connectivity index (χ3n) is 1.14. The number of amidine groups is 1. The monoisotopic (exact) mass is 115 g/mol. The summed E-state index contributed by atoms with van der Waals surface area (Å²) in [5.41, 5.74) is 2.92. The van der Waals surface area contributed by atoms with E-state index in [0.29, 0.717) is 0 Å². The molecule has 0 aromatic carbocycles. The van der Waals surface area contributed by atoms with Crippen LogP contribution in [0.3, 0.4) is 0 Å². The first-order chi connectivity index (χ1) is 3.72. The molecule has 0 aromatic heterocycles. The van der Waals surface area contributed by atoms with Crippen molar-refractivity contribution in [2.24, 2.45) is 4.99 Å². The summed E-state index contributed by atoms with van der Waals surface area (Å²) in [5.74, 6) is 0.979. The minimum absolute atomic E-state index is 0.979. The average Bonchev–Trinajstić information content (AvgIpc) is 1.84. The molecule has 1 N–H and O–H groups in total. The van der Waals surface area contributed by atoms with E-state index in [4.69, 9.17) is 0 Å². The molecule has 0 aliphatic heterocycles. The van der Waals surface area contributed by atoms with Gasteiger partial charge in [-0.05, 0) is 6.92 Å². The molecular weight excluding hydrogens is 102 g/mol. The van der Waals surface area contributed by atoms with Crippen LogP contribution in [0.15, 0.2) is 4.99 Å². The molecule has 0 saturated heterocycles. The summed E-state index contributed by atoms with van der Waals surface area (Å²) in [4.78, 5) is 3.94. The van der Waals surface area contributed by atoms with Crippen molar-refractivity contribution in [2.45, 2.75) is 6.92 Å². The van der Waals surface area contributed by atoms with Crippen molar-refractivity contribution >= 4 is 5.84 Å². The quantitative estimate of drug-likeness (QED) is 0.298. The zero-order chi connectivity index (χ0) is 6.57. The molecule has 48 valence electrons. The van der Waals surface area contributed by atoms with Gasteiger partial charge in [-0.25, -0.2) is 5.43 Å². The zero-order valence-electron chi connectivity index (χ0n) is 5.89. The van der Waals surface area contributed by atoms with E-state index < -0.39 is 0 Å². The first-order valence-electron chi connectivity index (χ1n) is 2.57. The van der Waals surface area contributed by atoms with Gasteiger partial charge in [-0.1, -0.05) is 0 Å². The molecule has 0 spiro atoms. The minimum Gasteiger partial charge on any atom is -0.300 e. The van der Waals surface area contributed by atoms with E-state index >= 15 is 0 Å². The second kappa shape index (κ2) is 3.43. The van der Waals surface area contributed by atoms with Crippen LogP contribution < -0.4 is 5.43 Å². The molecule has 0 amide bonds.